The Labute approximate surface area is 189 Å². The number of nitrogens with one attached hydrogen (secondary N) is 1. The Morgan fingerprint density at radius 1 is 1.22 bits per heavy atom. The van der Waals surface area contributed by atoms with Crippen molar-refractivity contribution < 1.29 is 23.8 Å². The molecule has 2 aliphatic heterocycles. The number of carbonyl (C=O) groups excluding carboxylic acids is 1. The van der Waals surface area contributed by atoms with Gasteiger partial charge in [0.15, 0.2) is 5.76 Å². The van der Waals surface area contributed by atoms with E-state index in [2.05, 4.69) is 10.2 Å². The molecule has 174 valence electrons. The number of furan rings is 1. The Kier molecular flexibility index (Phi) is 6.14. The molecular weight excluding hydrogens is 408 g/mol. The van der Waals surface area contributed by atoms with Gasteiger partial charge in [-0.1, -0.05) is 6.42 Å². The second kappa shape index (κ2) is 9.04. The summed E-state index contributed by atoms with van der Waals surface area (Å²) >= 11 is 0. The molecule has 1 atom stereocenters. The molecule has 1 spiro atoms. The predicted octanol–water partition coefficient (Wildman–Crippen LogP) is 3.71. The second-order valence-electron chi connectivity index (χ2n) is 9.54. The first-order chi connectivity index (χ1) is 15.6. The van der Waals surface area contributed by atoms with E-state index in [1.807, 2.05) is 19.1 Å². The monoisotopic (exact) mass is 442 g/mol. The fourth-order valence-corrected chi connectivity index (χ4v) is 5.63. The number of ether oxygens (including phenoxy) is 2. The van der Waals surface area contributed by atoms with Crippen molar-refractivity contribution in [1.82, 2.24) is 10.2 Å². The third-order valence-electron chi connectivity index (χ3n) is 7.33. The summed E-state index contributed by atoms with van der Waals surface area (Å²) < 4.78 is 17.8. The Balaban J connectivity index is 1.31. The van der Waals surface area contributed by atoms with Gasteiger partial charge in [-0.05, 0) is 57.7 Å². The minimum Gasteiger partial charge on any atom is -0.487 e. The average Bonchev–Trinajstić information content (AvgIpc) is 3.14. The number of aryl methyl sites for hydroxylation is 1. The van der Waals surface area contributed by atoms with Crippen LogP contribution in [0.2, 0.25) is 0 Å². The normalized spacial score (nSPS) is 23.1. The molecule has 1 aromatic carbocycles. The van der Waals surface area contributed by atoms with E-state index in [0.717, 1.165) is 87.2 Å². The summed E-state index contributed by atoms with van der Waals surface area (Å²) in [7, 11) is 0. The van der Waals surface area contributed by atoms with Gasteiger partial charge in [-0.15, -0.1) is 0 Å². The third-order valence-corrected chi connectivity index (χ3v) is 7.33. The Bertz CT molecular complexity index is 972. The molecule has 7 heteroatoms. The summed E-state index contributed by atoms with van der Waals surface area (Å²) in [5, 5.41) is 14.9. The van der Waals surface area contributed by atoms with Gasteiger partial charge in [-0.3, -0.25) is 9.69 Å². The van der Waals surface area contributed by atoms with Crippen LogP contribution in [0.1, 0.15) is 72.7 Å². The van der Waals surface area contributed by atoms with Gasteiger partial charge in [0.25, 0.3) is 5.91 Å². The van der Waals surface area contributed by atoms with Crippen molar-refractivity contribution in [1.29, 1.82) is 0 Å². The molecule has 1 amide bonds. The maximum atomic E-state index is 12.8. The molecule has 0 unspecified atom stereocenters. The zero-order chi connectivity index (χ0) is 22.1. The van der Waals surface area contributed by atoms with Crippen LogP contribution in [0.5, 0.6) is 5.75 Å². The molecule has 32 heavy (non-hydrogen) atoms. The first-order valence-corrected chi connectivity index (χ1v) is 12.1. The van der Waals surface area contributed by atoms with Crippen LogP contribution in [0.25, 0.3) is 11.0 Å². The molecule has 0 bridgehead atoms. The number of benzene rings is 1. The molecule has 3 aliphatic rings. The molecule has 5 rings (SSSR count). The number of nitrogens with zero attached hydrogens (tertiary/aromatic N) is 1. The molecule has 7 nitrogen and oxygen atoms in total. The van der Waals surface area contributed by atoms with E-state index in [9.17, 15) is 9.90 Å². The van der Waals surface area contributed by atoms with Crippen LogP contribution < -0.4 is 10.1 Å². The zero-order valence-corrected chi connectivity index (χ0v) is 19.0. The largest absolute Gasteiger partial charge is 0.487 e. The van der Waals surface area contributed by atoms with Crippen LogP contribution in [0.3, 0.4) is 0 Å². The van der Waals surface area contributed by atoms with E-state index < -0.39 is 6.10 Å². The van der Waals surface area contributed by atoms with Crippen LogP contribution in [-0.4, -0.2) is 60.9 Å². The smallest absolute Gasteiger partial charge is 0.287 e. The number of aliphatic hydroxyl groups excluding tert-OH is 1. The number of hydrogen-bond donors (Lipinski definition) is 2. The van der Waals surface area contributed by atoms with Gasteiger partial charge in [0.05, 0.1) is 19.3 Å². The van der Waals surface area contributed by atoms with Gasteiger partial charge in [-0.25, -0.2) is 0 Å². The quantitative estimate of drug-likeness (QED) is 0.687. The topological polar surface area (TPSA) is 84.2 Å². The average molecular weight is 443 g/mol. The fourth-order valence-electron chi connectivity index (χ4n) is 5.63. The zero-order valence-electron chi connectivity index (χ0n) is 19.0. The van der Waals surface area contributed by atoms with E-state index in [-0.39, 0.29) is 11.5 Å². The van der Waals surface area contributed by atoms with E-state index >= 15 is 0 Å². The van der Waals surface area contributed by atoms with Crippen molar-refractivity contribution in [2.75, 3.05) is 39.4 Å². The van der Waals surface area contributed by atoms with Gasteiger partial charge >= 0.3 is 0 Å². The number of carbonyl (C=O) groups is 1. The lowest BCUT2D eigenvalue weighted by Crippen LogP contribution is -2.42. The second-order valence-corrected chi connectivity index (χ2v) is 9.54. The SMILES string of the molecule is Cc1c(C(=O)NCCCN2CCOCC2)oc2ccc3c(c12)[C@H](O)CC1(CCCCC1)O3. The minimum atomic E-state index is -0.610. The van der Waals surface area contributed by atoms with E-state index in [0.29, 0.717) is 24.3 Å². The fraction of sp³-hybridized carbons (Fsp3) is 0.640. The Morgan fingerprint density at radius 3 is 2.78 bits per heavy atom. The highest BCUT2D eigenvalue weighted by Crippen LogP contribution is 2.49. The summed E-state index contributed by atoms with van der Waals surface area (Å²) in [5.41, 5.74) is 1.91. The van der Waals surface area contributed by atoms with Crippen molar-refractivity contribution in [3.63, 3.8) is 0 Å². The third kappa shape index (κ3) is 4.14. The lowest BCUT2D eigenvalue weighted by atomic mass is 9.77. The molecule has 2 fully saturated rings. The van der Waals surface area contributed by atoms with Crippen molar-refractivity contribution in [2.45, 2.75) is 63.6 Å². The van der Waals surface area contributed by atoms with Gasteiger partial charge in [0.1, 0.15) is 16.9 Å². The molecule has 3 heterocycles. The van der Waals surface area contributed by atoms with Gasteiger partial charge in [0.2, 0.25) is 0 Å². The van der Waals surface area contributed by atoms with Crippen molar-refractivity contribution in [2.24, 2.45) is 0 Å². The predicted molar refractivity (Wildman–Crippen MR) is 121 cm³/mol. The number of hydrogen-bond acceptors (Lipinski definition) is 6. The maximum absolute atomic E-state index is 12.8. The number of aliphatic hydroxyl groups is 1. The van der Waals surface area contributed by atoms with Crippen LogP contribution in [0.4, 0.5) is 0 Å². The number of amides is 1. The minimum absolute atomic E-state index is 0.204. The molecule has 1 saturated heterocycles. The highest BCUT2D eigenvalue weighted by molar-refractivity contribution is 6.00. The lowest BCUT2D eigenvalue weighted by Gasteiger charge is -2.43. The maximum Gasteiger partial charge on any atom is 0.287 e. The molecule has 1 aliphatic carbocycles. The molecule has 2 aromatic rings. The number of fused-ring (bicyclic) bond motifs is 3. The summed E-state index contributed by atoms with van der Waals surface area (Å²) in [6, 6.07) is 3.76. The van der Waals surface area contributed by atoms with Gasteiger partial charge < -0.3 is 24.3 Å². The summed E-state index contributed by atoms with van der Waals surface area (Å²) in [4.78, 5) is 15.2. The number of morpholine rings is 1. The molecular formula is C25H34N2O5. The van der Waals surface area contributed by atoms with Crippen LogP contribution in [0.15, 0.2) is 16.5 Å². The van der Waals surface area contributed by atoms with E-state index in [4.69, 9.17) is 13.9 Å². The van der Waals surface area contributed by atoms with Crippen molar-refractivity contribution in [3.05, 3.63) is 29.0 Å². The summed E-state index contributed by atoms with van der Waals surface area (Å²) in [5.74, 6) is 0.855. The summed E-state index contributed by atoms with van der Waals surface area (Å²) in [6.07, 6.45) is 6.38. The number of rotatable bonds is 5. The van der Waals surface area contributed by atoms with Crippen LogP contribution >= 0.6 is 0 Å². The molecule has 2 N–H and O–H groups in total. The summed E-state index contributed by atoms with van der Waals surface area (Å²) in [6.45, 7) is 6.91. The van der Waals surface area contributed by atoms with Gasteiger partial charge in [-0.2, -0.15) is 0 Å². The highest BCUT2D eigenvalue weighted by atomic mass is 16.5. The van der Waals surface area contributed by atoms with E-state index in [1.54, 1.807) is 0 Å². The highest BCUT2D eigenvalue weighted by Gasteiger charge is 2.42. The van der Waals surface area contributed by atoms with Crippen LogP contribution in [-0.2, 0) is 4.74 Å². The first-order valence-electron chi connectivity index (χ1n) is 12.1. The molecule has 1 saturated carbocycles. The van der Waals surface area contributed by atoms with Crippen molar-refractivity contribution in [3.8, 4) is 5.75 Å². The molecule has 1 aromatic heterocycles. The standard InChI is InChI=1S/C25H34N2O5/c1-17-21-19(31-23(17)24(29)26-10-5-11-27-12-14-30-15-13-27)6-7-20-22(21)18(28)16-25(32-20)8-3-2-4-9-25/h6-7,18,28H,2-5,8-16H2,1H3,(H,26,29)/t18-/m1/s1. The van der Waals surface area contributed by atoms with E-state index in [1.165, 1.54) is 6.42 Å². The Morgan fingerprint density at radius 2 is 2.00 bits per heavy atom. The first kappa shape index (κ1) is 21.7. The van der Waals surface area contributed by atoms with Crippen LogP contribution in [0, 0.1) is 6.92 Å². The van der Waals surface area contributed by atoms with Crippen molar-refractivity contribution >= 4 is 16.9 Å². The van der Waals surface area contributed by atoms with Gasteiger partial charge in [0, 0.05) is 42.6 Å². The Hall–Kier alpha value is -2.09. The lowest BCUT2D eigenvalue weighted by molar-refractivity contribution is -0.0373. The molecule has 0 radical (unpaired) electrons.